The van der Waals surface area contributed by atoms with Gasteiger partial charge in [0.05, 0.1) is 34.3 Å². The van der Waals surface area contributed by atoms with Crippen molar-refractivity contribution in [2.24, 2.45) is 11.8 Å². The van der Waals surface area contributed by atoms with E-state index in [4.69, 9.17) is 27.9 Å². The second kappa shape index (κ2) is 4.09. The summed E-state index contributed by atoms with van der Waals surface area (Å²) in [5.41, 5.74) is -0.316. The first kappa shape index (κ1) is 13.3. The highest BCUT2D eigenvalue weighted by Gasteiger charge is 2.66. The van der Waals surface area contributed by atoms with Gasteiger partial charge in [-0.2, -0.15) is 0 Å². The van der Waals surface area contributed by atoms with Gasteiger partial charge in [0, 0.05) is 5.02 Å². The van der Waals surface area contributed by atoms with Gasteiger partial charge in [-0.3, -0.25) is 9.59 Å². The molecule has 4 rings (SSSR count). The van der Waals surface area contributed by atoms with E-state index >= 15 is 0 Å². The van der Waals surface area contributed by atoms with Crippen molar-refractivity contribution in [2.75, 3.05) is 4.90 Å². The number of anilines is 1. The number of nitrogens with zero attached hydrogens (tertiary/aromatic N) is 1. The molecular weight excluding hydrogens is 313 g/mol. The van der Waals surface area contributed by atoms with E-state index in [0.717, 1.165) is 0 Å². The maximum atomic E-state index is 12.7. The maximum Gasteiger partial charge on any atom is 0.241 e. The number of carbonyl (C=O) groups excluding carboxylic acids is 2. The Morgan fingerprint density at radius 3 is 2.67 bits per heavy atom. The highest BCUT2D eigenvalue weighted by Crippen LogP contribution is 2.52. The Kier molecular flexibility index (Phi) is 2.60. The number of rotatable bonds is 1. The van der Waals surface area contributed by atoms with Crippen LogP contribution in [-0.4, -0.2) is 23.5 Å². The second-order valence-corrected chi connectivity index (χ2v) is 6.58. The molecule has 0 spiro atoms. The topological polar surface area (TPSA) is 46.6 Å². The molecule has 21 heavy (non-hydrogen) atoms. The standard InChI is InChI=1S/C15H11Cl2NO3/c1-15-5-4-10(21-15)11-12(15)14(20)18(13(11)19)9-3-2-7(16)6-8(9)17/h2-6,10-12H,1H3/t10-,11+,12-,15-/m0/s1. The van der Waals surface area contributed by atoms with Gasteiger partial charge in [-0.05, 0) is 25.1 Å². The van der Waals surface area contributed by atoms with Crippen molar-refractivity contribution in [3.8, 4) is 0 Å². The zero-order valence-electron chi connectivity index (χ0n) is 11.0. The van der Waals surface area contributed by atoms with Gasteiger partial charge in [0.25, 0.3) is 0 Å². The minimum Gasteiger partial charge on any atom is -0.362 e. The molecule has 1 aromatic rings. The van der Waals surface area contributed by atoms with Gasteiger partial charge < -0.3 is 4.74 Å². The van der Waals surface area contributed by atoms with Crippen LogP contribution < -0.4 is 4.90 Å². The third-order valence-electron chi connectivity index (χ3n) is 4.48. The molecule has 0 unspecified atom stereocenters. The van der Waals surface area contributed by atoms with Crippen LogP contribution in [0.4, 0.5) is 5.69 Å². The Bertz CT molecular complexity index is 717. The zero-order valence-corrected chi connectivity index (χ0v) is 12.6. The lowest BCUT2D eigenvalue weighted by molar-refractivity contribution is -0.126. The summed E-state index contributed by atoms with van der Waals surface area (Å²) in [6, 6.07) is 4.74. The summed E-state index contributed by atoms with van der Waals surface area (Å²) in [5, 5.41) is 0.746. The first-order chi connectivity index (χ1) is 9.92. The van der Waals surface area contributed by atoms with E-state index < -0.39 is 17.4 Å². The van der Waals surface area contributed by atoms with E-state index in [1.165, 1.54) is 11.0 Å². The molecule has 0 aliphatic carbocycles. The minimum absolute atomic E-state index is 0.257. The van der Waals surface area contributed by atoms with Gasteiger partial charge in [0.1, 0.15) is 0 Å². The summed E-state index contributed by atoms with van der Waals surface area (Å²) < 4.78 is 5.77. The van der Waals surface area contributed by atoms with E-state index in [0.29, 0.717) is 10.7 Å². The lowest BCUT2D eigenvalue weighted by Gasteiger charge is -2.24. The molecule has 2 saturated heterocycles. The lowest BCUT2D eigenvalue weighted by atomic mass is 9.78. The predicted octanol–water partition coefficient (Wildman–Crippen LogP) is 2.83. The number of carbonyl (C=O) groups is 2. The number of imide groups is 1. The van der Waals surface area contributed by atoms with Crippen LogP contribution in [0.1, 0.15) is 6.92 Å². The molecule has 4 atom stereocenters. The number of hydrogen-bond donors (Lipinski definition) is 0. The van der Waals surface area contributed by atoms with Crippen molar-refractivity contribution in [3.05, 3.63) is 40.4 Å². The van der Waals surface area contributed by atoms with E-state index in [-0.39, 0.29) is 22.9 Å². The van der Waals surface area contributed by atoms with Crippen LogP contribution in [0.3, 0.4) is 0 Å². The normalized spacial score (nSPS) is 36.7. The van der Waals surface area contributed by atoms with Crippen molar-refractivity contribution < 1.29 is 14.3 Å². The molecule has 0 radical (unpaired) electrons. The summed E-state index contributed by atoms with van der Waals surface area (Å²) in [6.07, 6.45) is 3.41. The number of benzene rings is 1. The van der Waals surface area contributed by atoms with Crippen molar-refractivity contribution in [1.29, 1.82) is 0 Å². The van der Waals surface area contributed by atoms with Crippen LogP contribution in [0.15, 0.2) is 30.4 Å². The van der Waals surface area contributed by atoms with Crippen LogP contribution in [0.25, 0.3) is 0 Å². The second-order valence-electron chi connectivity index (χ2n) is 5.74. The first-order valence-corrected chi connectivity index (χ1v) is 7.38. The fourth-order valence-corrected chi connectivity index (χ4v) is 4.05. The molecule has 3 aliphatic rings. The Morgan fingerprint density at radius 2 is 2.00 bits per heavy atom. The van der Waals surface area contributed by atoms with Crippen molar-refractivity contribution in [3.63, 3.8) is 0 Å². The number of halogens is 2. The minimum atomic E-state index is -0.699. The van der Waals surface area contributed by atoms with Gasteiger partial charge in [-0.15, -0.1) is 0 Å². The van der Waals surface area contributed by atoms with E-state index in [9.17, 15) is 9.59 Å². The average molecular weight is 324 g/mol. The van der Waals surface area contributed by atoms with Gasteiger partial charge in [0.15, 0.2) is 0 Å². The summed E-state index contributed by atoms with van der Waals surface area (Å²) in [6.45, 7) is 1.84. The Balaban J connectivity index is 1.80. The quantitative estimate of drug-likeness (QED) is 0.589. The smallest absolute Gasteiger partial charge is 0.241 e. The molecule has 108 valence electrons. The molecule has 2 amide bonds. The molecule has 2 bridgehead atoms. The first-order valence-electron chi connectivity index (χ1n) is 6.62. The molecule has 0 saturated carbocycles. The van der Waals surface area contributed by atoms with E-state index in [2.05, 4.69) is 0 Å². The van der Waals surface area contributed by atoms with E-state index in [1.54, 1.807) is 12.1 Å². The largest absolute Gasteiger partial charge is 0.362 e. The summed E-state index contributed by atoms with van der Waals surface area (Å²) in [4.78, 5) is 26.6. The van der Waals surface area contributed by atoms with Crippen molar-refractivity contribution in [2.45, 2.75) is 18.6 Å². The molecule has 0 N–H and O–H groups in total. The molecule has 3 aliphatic heterocycles. The van der Waals surface area contributed by atoms with Crippen LogP contribution in [-0.2, 0) is 14.3 Å². The van der Waals surface area contributed by atoms with Crippen molar-refractivity contribution >= 4 is 40.7 Å². The Morgan fingerprint density at radius 1 is 1.24 bits per heavy atom. The molecule has 4 nitrogen and oxygen atoms in total. The average Bonchev–Trinajstić information content (AvgIpc) is 3.01. The van der Waals surface area contributed by atoms with Crippen LogP contribution >= 0.6 is 23.2 Å². The highest BCUT2D eigenvalue weighted by atomic mass is 35.5. The Labute approximate surface area is 131 Å². The highest BCUT2D eigenvalue weighted by molar-refractivity contribution is 6.38. The maximum absolute atomic E-state index is 12.7. The number of fused-ring (bicyclic) bond motifs is 5. The lowest BCUT2D eigenvalue weighted by Crippen LogP contribution is -2.38. The molecule has 2 fully saturated rings. The van der Waals surface area contributed by atoms with Crippen LogP contribution in [0.2, 0.25) is 10.0 Å². The zero-order chi connectivity index (χ0) is 14.9. The fraction of sp³-hybridized carbons (Fsp3) is 0.333. The van der Waals surface area contributed by atoms with Crippen molar-refractivity contribution in [1.82, 2.24) is 0 Å². The van der Waals surface area contributed by atoms with Gasteiger partial charge in [-0.1, -0.05) is 35.4 Å². The summed E-state index contributed by atoms with van der Waals surface area (Å²) >= 11 is 12.0. The van der Waals surface area contributed by atoms with Gasteiger partial charge in [-0.25, -0.2) is 4.90 Å². The fourth-order valence-electron chi connectivity index (χ4n) is 3.55. The SMILES string of the molecule is C[C@@]12C=C[C@H](O1)[C@H]1C(=O)N(c3ccc(Cl)cc3Cl)C(=O)[C@H]12. The molecule has 1 aromatic carbocycles. The summed E-state index contributed by atoms with van der Waals surface area (Å²) in [5.74, 6) is -1.46. The Hall–Kier alpha value is -1.36. The number of ether oxygens (including phenoxy) is 1. The number of amides is 2. The predicted molar refractivity (Wildman–Crippen MR) is 78.4 cm³/mol. The molecule has 6 heteroatoms. The molecular formula is C15H11Cl2NO3. The van der Waals surface area contributed by atoms with E-state index in [1.807, 2.05) is 19.1 Å². The van der Waals surface area contributed by atoms with Crippen LogP contribution in [0, 0.1) is 11.8 Å². The monoisotopic (exact) mass is 323 g/mol. The van der Waals surface area contributed by atoms with Gasteiger partial charge >= 0.3 is 0 Å². The number of hydrogen-bond acceptors (Lipinski definition) is 3. The molecule has 0 aromatic heterocycles. The third-order valence-corrected chi connectivity index (χ3v) is 5.02. The molecule has 3 heterocycles. The van der Waals surface area contributed by atoms with Crippen LogP contribution in [0.5, 0.6) is 0 Å². The summed E-state index contributed by atoms with van der Waals surface area (Å²) in [7, 11) is 0. The van der Waals surface area contributed by atoms with Gasteiger partial charge in [0.2, 0.25) is 11.8 Å². The third kappa shape index (κ3) is 1.61.